The van der Waals surface area contributed by atoms with Crippen LogP contribution in [0.25, 0.3) is 0 Å². The molecule has 5 heteroatoms. The van der Waals surface area contributed by atoms with Crippen molar-refractivity contribution in [3.63, 3.8) is 0 Å². The third-order valence-corrected chi connectivity index (χ3v) is 3.77. The fourth-order valence-electron chi connectivity index (χ4n) is 2.26. The molecule has 16 heavy (non-hydrogen) atoms. The van der Waals surface area contributed by atoms with Crippen molar-refractivity contribution in [1.82, 2.24) is 9.88 Å². The third-order valence-electron chi connectivity index (χ3n) is 3.08. The first-order valence-electron chi connectivity index (χ1n) is 5.75. The molecule has 0 unspecified atom stereocenters. The van der Waals surface area contributed by atoms with Gasteiger partial charge in [0.1, 0.15) is 0 Å². The van der Waals surface area contributed by atoms with Crippen molar-refractivity contribution >= 4 is 16.5 Å². The van der Waals surface area contributed by atoms with Crippen molar-refractivity contribution < 1.29 is 4.74 Å². The molecule has 0 bridgehead atoms. The topological polar surface area (TPSA) is 51.4 Å². The molecule has 1 fully saturated rings. The molecule has 1 aromatic rings. The fourth-order valence-corrected chi connectivity index (χ4v) is 2.87. The van der Waals surface area contributed by atoms with E-state index >= 15 is 0 Å². The Bertz CT molecular complexity index is 329. The van der Waals surface area contributed by atoms with Gasteiger partial charge in [-0.2, -0.15) is 0 Å². The molecular weight excluding hydrogens is 222 g/mol. The second-order valence-electron chi connectivity index (χ2n) is 4.15. The Balaban J connectivity index is 2.04. The van der Waals surface area contributed by atoms with Gasteiger partial charge in [0, 0.05) is 19.0 Å². The zero-order chi connectivity index (χ0) is 11.4. The van der Waals surface area contributed by atoms with Crippen LogP contribution in [0.1, 0.15) is 31.0 Å². The van der Waals surface area contributed by atoms with Crippen LogP contribution >= 0.6 is 11.3 Å². The smallest absolute Gasteiger partial charge is 0.180 e. The zero-order valence-electron chi connectivity index (χ0n) is 9.69. The monoisotopic (exact) mass is 241 g/mol. The molecule has 1 atom stereocenters. The molecule has 1 aliphatic rings. The largest absolute Gasteiger partial charge is 0.383 e. The van der Waals surface area contributed by atoms with Crippen LogP contribution in [-0.4, -0.2) is 36.7 Å². The lowest BCUT2D eigenvalue weighted by Crippen LogP contribution is -2.35. The van der Waals surface area contributed by atoms with Crippen LogP contribution in [0.2, 0.25) is 0 Å². The lowest BCUT2D eigenvalue weighted by molar-refractivity contribution is 0.0946. The van der Waals surface area contributed by atoms with Gasteiger partial charge in [0.05, 0.1) is 18.3 Å². The second-order valence-corrected chi connectivity index (χ2v) is 5.04. The lowest BCUT2D eigenvalue weighted by atomic mass is 10.00. The summed E-state index contributed by atoms with van der Waals surface area (Å²) in [6.45, 7) is 2.92. The van der Waals surface area contributed by atoms with Crippen LogP contribution in [0.3, 0.4) is 0 Å². The Morgan fingerprint density at radius 2 is 2.50 bits per heavy atom. The SMILES string of the molecule is COCCN1CCCC[C@@H]1c1csc(N)n1. The Morgan fingerprint density at radius 3 is 3.19 bits per heavy atom. The van der Waals surface area contributed by atoms with Crippen LogP contribution < -0.4 is 5.73 Å². The van der Waals surface area contributed by atoms with E-state index in [1.165, 1.54) is 30.6 Å². The van der Waals surface area contributed by atoms with E-state index in [0.717, 1.165) is 25.4 Å². The molecule has 2 heterocycles. The van der Waals surface area contributed by atoms with E-state index in [-0.39, 0.29) is 0 Å². The summed E-state index contributed by atoms with van der Waals surface area (Å²) in [5, 5.41) is 2.76. The Hall–Kier alpha value is -0.650. The lowest BCUT2D eigenvalue weighted by Gasteiger charge is -2.34. The zero-order valence-corrected chi connectivity index (χ0v) is 10.5. The van der Waals surface area contributed by atoms with Gasteiger partial charge < -0.3 is 10.5 Å². The normalized spacial score (nSPS) is 22.4. The van der Waals surface area contributed by atoms with Crippen LogP contribution in [0, 0.1) is 0 Å². The number of nitrogen functional groups attached to an aromatic ring is 1. The molecular formula is C11H19N3OS. The summed E-state index contributed by atoms with van der Waals surface area (Å²) in [6, 6.07) is 0.442. The number of anilines is 1. The Kier molecular flexibility index (Phi) is 4.15. The van der Waals surface area contributed by atoms with Gasteiger partial charge in [0.2, 0.25) is 0 Å². The molecule has 2 N–H and O–H groups in total. The van der Waals surface area contributed by atoms with Gasteiger partial charge >= 0.3 is 0 Å². The first kappa shape index (κ1) is 11.8. The molecule has 0 amide bonds. The molecule has 90 valence electrons. The summed E-state index contributed by atoms with van der Waals surface area (Å²) in [4.78, 5) is 6.87. The molecule has 0 aromatic carbocycles. The number of aromatic nitrogens is 1. The number of piperidine rings is 1. The molecule has 0 spiro atoms. The Morgan fingerprint density at radius 1 is 1.62 bits per heavy atom. The molecule has 1 aliphatic heterocycles. The number of nitrogens with two attached hydrogens (primary N) is 1. The van der Waals surface area contributed by atoms with Crippen molar-refractivity contribution in [2.45, 2.75) is 25.3 Å². The van der Waals surface area contributed by atoms with Crippen LogP contribution in [0.5, 0.6) is 0 Å². The van der Waals surface area contributed by atoms with Crippen molar-refractivity contribution in [3.8, 4) is 0 Å². The van der Waals surface area contributed by atoms with Crippen LogP contribution in [0.4, 0.5) is 5.13 Å². The third kappa shape index (κ3) is 2.72. The fraction of sp³-hybridized carbons (Fsp3) is 0.727. The molecule has 0 radical (unpaired) electrons. The highest BCUT2D eigenvalue weighted by Gasteiger charge is 2.25. The van der Waals surface area contributed by atoms with Gasteiger partial charge in [-0.25, -0.2) is 4.98 Å². The highest BCUT2D eigenvalue weighted by atomic mass is 32.1. The standard InChI is InChI=1S/C11H19N3OS/c1-15-7-6-14-5-3-2-4-10(14)9-8-16-11(12)13-9/h8,10H,2-7H2,1H3,(H2,12,13)/t10-/m1/s1. The van der Waals surface area contributed by atoms with Crippen LogP contribution in [0.15, 0.2) is 5.38 Å². The predicted octanol–water partition coefficient (Wildman–Crippen LogP) is 1.90. The van der Waals surface area contributed by atoms with E-state index < -0.39 is 0 Å². The van der Waals surface area contributed by atoms with Gasteiger partial charge in [0.15, 0.2) is 5.13 Å². The highest BCUT2D eigenvalue weighted by Crippen LogP contribution is 2.31. The summed E-state index contributed by atoms with van der Waals surface area (Å²) in [7, 11) is 1.75. The highest BCUT2D eigenvalue weighted by molar-refractivity contribution is 7.13. The first-order valence-corrected chi connectivity index (χ1v) is 6.63. The summed E-state index contributed by atoms with van der Waals surface area (Å²) >= 11 is 1.53. The van der Waals surface area contributed by atoms with E-state index in [2.05, 4.69) is 15.3 Å². The van der Waals surface area contributed by atoms with Gasteiger partial charge in [-0.15, -0.1) is 11.3 Å². The minimum absolute atomic E-state index is 0.442. The van der Waals surface area contributed by atoms with Crippen molar-refractivity contribution in [1.29, 1.82) is 0 Å². The number of rotatable bonds is 4. The molecule has 4 nitrogen and oxygen atoms in total. The number of hydrogen-bond donors (Lipinski definition) is 1. The molecule has 1 saturated heterocycles. The maximum atomic E-state index is 5.70. The van der Waals surface area contributed by atoms with E-state index in [0.29, 0.717) is 11.2 Å². The second kappa shape index (κ2) is 5.61. The number of likely N-dealkylation sites (tertiary alicyclic amines) is 1. The number of ether oxygens (including phenoxy) is 1. The summed E-state index contributed by atoms with van der Waals surface area (Å²) < 4.78 is 5.15. The summed E-state index contributed by atoms with van der Waals surface area (Å²) in [5.41, 5.74) is 6.83. The quantitative estimate of drug-likeness (QED) is 0.874. The maximum absolute atomic E-state index is 5.70. The molecule has 0 saturated carbocycles. The van der Waals surface area contributed by atoms with Gasteiger partial charge in [-0.05, 0) is 19.4 Å². The van der Waals surface area contributed by atoms with Crippen molar-refractivity contribution in [3.05, 3.63) is 11.1 Å². The van der Waals surface area contributed by atoms with Gasteiger partial charge in [-0.1, -0.05) is 6.42 Å². The molecule has 1 aromatic heterocycles. The summed E-state index contributed by atoms with van der Waals surface area (Å²) in [6.07, 6.45) is 3.75. The first-order chi connectivity index (χ1) is 7.81. The average molecular weight is 241 g/mol. The number of methoxy groups -OCH3 is 1. The molecule has 0 aliphatic carbocycles. The number of thiazole rings is 1. The Labute approximate surface area is 100 Å². The maximum Gasteiger partial charge on any atom is 0.180 e. The minimum atomic E-state index is 0.442. The summed E-state index contributed by atoms with van der Waals surface area (Å²) in [5.74, 6) is 0. The van der Waals surface area contributed by atoms with E-state index in [1.807, 2.05) is 0 Å². The number of nitrogens with zero attached hydrogens (tertiary/aromatic N) is 2. The van der Waals surface area contributed by atoms with E-state index in [1.54, 1.807) is 7.11 Å². The van der Waals surface area contributed by atoms with Crippen molar-refractivity contribution in [2.75, 3.05) is 32.5 Å². The minimum Gasteiger partial charge on any atom is -0.383 e. The van der Waals surface area contributed by atoms with E-state index in [9.17, 15) is 0 Å². The average Bonchev–Trinajstić information content (AvgIpc) is 2.73. The molecule has 2 rings (SSSR count). The number of hydrogen-bond acceptors (Lipinski definition) is 5. The van der Waals surface area contributed by atoms with Gasteiger partial charge in [-0.3, -0.25) is 4.90 Å². The van der Waals surface area contributed by atoms with Crippen molar-refractivity contribution in [2.24, 2.45) is 0 Å². The van der Waals surface area contributed by atoms with Gasteiger partial charge in [0.25, 0.3) is 0 Å². The predicted molar refractivity (Wildman–Crippen MR) is 66.6 cm³/mol. The van der Waals surface area contributed by atoms with Crippen LogP contribution in [-0.2, 0) is 4.74 Å². The van der Waals surface area contributed by atoms with E-state index in [4.69, 9.17) is 10.5 Å².